The van der Waals surface area contributed by atoms with Crippen molar-refractivity contribution in [2.75, 3.05) is 24.9 Å². The Balaban J connectivity index is 1.88. The molecule has 0 bridgehead atoms. The highest BCUT2D eigenvalue weighted by atomic mass is 16.5. The van der Waals surface area contributed by atoms with E-state index in [4.69, 9.17) is 9.47 Å². The number of carbonyl (C=O) groups is 2. The first-order valence-corrected chi connectivity index (χ1v) is 8.48. The first kappa shape index (κ1) is 17.8. The molecule has 0 unspecified atom stereocenters. The number of nitrogens with one attached hydrogen (secondary N) is 2. The quantitative estimate of drug-likeness (QED) is 0.880. The second kappa shape index (κ2) is 7.47. The summed E-state index contributed by atoms with van der Waals surface area (Å²) in [5.41, 5.74) is 3.66. The Morgan fingerprint density at radius 2 is 1.92 bits per heavy atom. The third kappa shape index (κ3) is 3.64. The van der Waals surface area contributed by atoms with Crippen LogP contribution in [-0.4, -0.2) is 26.0 Å². The van der Waals surface area contributed by atoms with Gasteiger partial charge >= 0.3 is 0 Å². The molecule has 0 aliphatic carbocycles. The highest BCUT2D eigenvalue weighted by Crippen LogP contribution is 2.32. The SMILES string of the molecule is COc1cc(NC(=O)c2ccc3c(c2)NC(=O)CCC3)c(C)c(OC)c1. The van der Waals surface area contributed by atoms with Crippen molar-refractivity contribution in [1.29, 1.82) is 0 Å². The summed E-state index contributed by atoms with van der Waals surface area (Å²) in [6, 6.07) is 8.91. The fourth-order valence-electron chi connectivity index (χ4n) is 3.02. The summed E-state index contributed by atoms with van der Waals surface area (Å²) in [5, 5.41) is 5.77. The first-order valence-electron chi connectivity index (χ1n) is 8.48. The number of rotatable bonds is 4. The average Bonchev–Trinajstić information content (AvgIpc) is 2.83. The molecule has 2 aromatic rings. The molecule has 0 atom stereocenters. The molecule has 0 fully saturated rings. The fraction of sp³-hybridized carbons (Fsp3) is 0.300. The lowest BCUT2D eigenvalue weighted by Gasteiger charge is -2.15. The van der Waals surface area contributed by atoms with Crippen molar-refractivity contribution in [2.24, 2.45) is 0 Å². The molecule has 0 spiro atoms. The average molecular weight is 354 g/mol. The number of aryl methyl sites for hydroxylation is 1. The maximum Gasteiger partial charge on any atom is 0.255 e. The van der Waals surface area contributed by atoms with Gasteiger partial charge in [-0.2, -0.15) is 0 Å². The van der Waals surface area contributed by atoms with Gasteiger partial charge in [-0.05, 0) is 37.5 Å². The third-order valence-corrected chi connectivity index (χ3v) is 4.53. The molecule has 2 aromatic carbocycles. The molecule has 26 heavy (non-hydrogen) atoms. The molecule has 136 valence electrons. The summed E-state index contributed by atoms with van der Waals surface area (Å²) in [4.78, 5) is 24.5. The van der Waals surface area contributed by atoms with Crippen LogP contribution < -0.4 is 20.1 Å². The minimum absolute atomic E-state index is 0.0188. The lowest BCUT2D eigenvalue weighted by molar-refractivity contribution is -0.116. The van der Waals surface area contributed by atoms with E-state index in [1.165, 1.54) is 0 Å². The Hall–Kier alpha value is -3.02. The van der Waals surface area contributed by atoms with Crippen LogP contribution >= 0.6 is 0 Å². The summed E-state index contributed by atoms with van der Waals surface area (Å²) >= 11 is 0. The van der Waals surface area contributed by atoms with E-state index >= 15 is 0 Å². The zero-order chi connectivity index (χ0) is 18.7. The first-order chi connectivity index (χ1) is 12.5. The van der Waals surface area contributed by atoms with Crippen LogP contribution in [-0.2, 0) is 11.2 Å². The number of anilines is 2. The van der Waals surface area contributed by atoms with Crippen molar-refractivity contribution in [3.63, 3.8) is 0 Å². The maximum atomic E-state index is 12.7. The second-order valence-electron chi connectivity index (χ2n) is 6.23. The Kier molecular flexibility index (Phi) is 5.11. The molecule has 6 nitrogen and oxygen atoms in total. The van der Waals surface area contributed by atoms with Crippen LogP contribution in [0.25, 0.3) is 0 Å². The zero-order valence-corrected chi connectivity index (χ0v) is 15.1. The van der Waals surface area contributed by atoms with Gasteiger partial charge in [-0.3, -0.25) is 9.59 Å². The molecule has 2 N–H and O–H groups in total. The molecule has 0 radical (unpaired) electrons. The number of methoxy groups -OCH3 is 2. The van der Waals surface area contributed by atoms with Gasteiger partial charge in [0.25, 0.3) is 5.91 Å². The summed E-state index contributed by atoms with van der Waals surface area (Å²) in [6.07, 6.45) is 2.13. The molecule has 6 heteroatoms. The largest absolute Gasteiger partial charge is 0.497 e. The van der Waals surface area contributed by atoms with Crippen LogP contribution in [0.1, 0.15) is 34.3 Å². The number of benzene rings is 2. The van der Waals surface area contributed by atoms with E-state index in [1.807, 2.05) is 13.0 Å². The smallest absolute Gasteiger partial charge is 0.255 e. The molecule has 0 saturated heterocycles. The van der Waals surface area contributed by atoms with E-state index in [0.29, 0.717) is 34.9 Å². The van der Waals surface area contributed by atoms with Gasteiger partial charge in [-0.15, -0.1) is 0 Å². The van der Waals surface area contributed by atoms with Crippen molar-refractivity contribution in [3.8, 4) is 11.5 Å². The lowest BCUT2D eigenvalue weighted by Crippen LogP contribution is -2.15. The van der Waals surface area contributed by atoms with Crippen molar-refractivity contribution in [2.45, 2.75) is 26.2 Å². The molecule has 0 saturated carbocycles. The van der Waals surface area contributed by atoms with E-state index in [9.17, 15) is 9.59 Å². The molecule has 2 amide bonds. The molecule has 0 aromatic heterocycles. The van der Waals surface area contributed by atoms with Crippen LogP contribution in [0, 0.1) is 6.92 Å². The monoisotopic (exact) mass is 354 g/mol. The summed E-state index contributed by atoms with van der Waals surface area (Å²) in [5.74, 6) is 0.949. The molecular weight excluding hydrogens is 332 g/mol. The Morgan fingerprint density at radius 1 is 1.12 bits per heavy atom. The van der Waals surface area contributed by atoms with Crippen LogP contribution in [0.4, 0.5) is 11.4 Å². The van der Waals surface area contributed by atoms with Gasteiger partial charge in [0.1, 0.15) is 11.5 Å². The minimum Gasteiger partial charge on any atom is -0.497 e. The van der Waals surface area contributed by atoms with Crippen molar-refractivity contribution < 1.29 is 19.1 Å². The Bertz CT molecular complexity index is 861. The predicted molar refractivity (Wildman–Crippen MR) is 100 cm³/mol. The van der Waals surface area contributed by atoms with Crippen LogP contribution in [0.5, 0.6) is 11.5 Å². The zero-order valence-electron chi connectivity index (χ0n) is 15.1. The number of hydrogen-bond donors (Lipinski definition) is 2. The van der Waals surface area contributed by atoms with E-state index in [1.54, 1.807) is 38.5 Å². The van der Waals surface area contributed by atoms with E-state index in [0.717, 1.165) is 24.0 Å². The molecule has 1 aliphatic rings. The molecular formula is C20H22N2O4. The summed E-state index contributed by atoms with van der Waals surface area (Å²) in [7, 11) is 3.13. The standard InChI is InChI=1S/C20H22N2O4/c1-12-16(10-15(25-2)11-18(12)26-3)22-20(24)14-8-7-13-5-4-6-19(23)21-17(13)9-14/h7-11H,4-6H2,1-3H3,(H,21,23)(H,22,24). The minimum atomic E-state index is -0.260. The van der Waals surface area contributed by atoms with Crippen molar-refractivity contribution >= 4 is 23.2 Å². The van der Waals surface area contributed by atoms with Gasteiger partial charge in [0, 0.05) is 35.4 Å². The van der Waals surface area contributed by atoms with Crippen molar-refractivity contribution in [1.82, 2.24) is 0 Å². The highest BCUT2D eigenvalue weighted by molar-refractivity contribution is 6.06. The number of carbonyl (C=O) groups excluding carboxylic acids is 2. The Morgan fingerprint density at radius 3 is 2.65 bits per heavy atom. The third-order valence-electron chi connectivity index (χ3n) is 4.53. The maximum absolute atomic E-state index is 12.7. The van der Waals surface area contributed by atoms with Gasteiger partial charge in [0.15, 0.2) is 0 Å². The summed E-state index contributed by atoms with van der Waals surface area (Å²) < 4.78 is 10.6. The number of fused-ring (bicyclic) bond motifs is 1. The molecule has 3 rings (SSSR count). The second-order valence-corrected chi connectivity index (χ2v) is 6.23. The van der Waals surface area contributed by atoms with Crippen LogP contribution in [0.3, 0.4) is 0 Å². The van der Waals surface area contributed by atoms with E-state index in [2.05, 4.69) is 10.6 Å². The van der Waals surface area contributed by atoms with Gasteiger partial charge in [0.2, 0.25) is 5.91 Å². The molecule has 1 heterocycles. The molecule has 1 aliphatic heterocycles. The van der Waals surface area contributed by atoms with E-state index < -0.39 is 0 Å². The van der Waals surface area contributed by atoms with Gasteiger partial charge in [0.05, 0.1) is 19.9 Å². The topological polar surface area (TPSA) is 76.7 Å². The normalized spacial score (nSPS) is 13.3. The fourth-order valence-corrected chi connectivity index (χ4v) is 3.02. The van der Waals surface area contributed by atoms with Gasteiger partial charge in [-0.25, -0.2) is 0 Å². The van der Waals surface area contributed by atoms with E-state index in [-0.39, 0.29) is 11.8 Å². The van der Waals surface area contributed by atoms with Gasteiger partial charge in [-0.1, -0.05) is 6.07 Å². The van der Waals surface area contributed by atoms with Crippen molar-refractivity contribution in [3.05, 3.63) is 47.0 Å². The van der Waals surface area contributed by atoms with Crippen LogP contribution in [0.2, 0.25) is 0 Å². The lowest BCUT2D eigenvalue weighted by atomic mass is 10.0. The highest BCUT2D eigenvalue weighted by Gasteiger charge is 2.17. The predicted octanol–water partition coefficient (Wildman–Crippen LogP) is 3.54. The van der Waals surface area contributed by atoms with Crippen LogP contribution in [0.15, 0.2) is 30.3 Å². The number of amides is 2. The summed E-state index contributed by atoms with van der Waals surface area (Å²) in [6.45, 7) is 1.87. The number of ether oxygens (including phenoxy) is 2. The Labute approximate surface area is 152 Å². The number of hydrogen-bond acceptors (Lipinski definition) is 4. The van der Waals surface area contributed by atoms with Gasteiger partial charge < -0.3 is 20.1 Å².